The van der Waals surface area contributed by atoms with Crippen LogP contribution in [-0.4, -0.2) is 34.6 Å². The monoisotopic (exact) mass is 306 g/mol. The summed E-state index contributed by atoms with van der Waals surface area (Å²) in [6.45, 7) is 0. The molecule has 0 radical (unpaired) electrons. The number of ketones is 2. The smallest absolute Gasteiger partial charge is 0.337 e. The van der Waals surface area contributed by atoms with Crippen LogP contribution in [0.25, 0.3) is 10.9 Å². The summed E-state index contributed by atoms with van der Waals surface area (Å²) in [7, 11) is 1.29. The Morgan fingerprint density at radius 2 is 1.96 bits per heavy atom. The molecule has 6 heteroatoms. The number of rotatable bonds is 1. The Labute approximate surface area is 130 Å². The SMILES string of the molecule is COC(=O)c1ccc2[nH]c3c(c2c1)C(=O)c1cnccc1C3=O. The molecule has 0 fully saturated rings. The number of aromatic nitrogens is 2. The van der Waals surface area contributed by atoms with Gasteiger partial charge in [-0.1, -0.05) is 0 Å². The van der Waals surface area contributed by atoms with E-state index in [1.807, 2.05) is 0 Å². The molecular formula is C17H10N2O4. The lowest BCUT2D eigenvalue weighted by molar-refractivity contribution is 0.0600. The fraction of sp³-hybridized carbons (Fsp3) is 0.0588. The van der Waals surface area contributed by atoms with Gasteiger partial charge in [0, 0.05) is 28.9 Å². The van der Waals surface area contributed by atoms with Crippen molar-refractivity contribution < 1.29 is 19.1 Å². The number of hydrogen-bond donors (Lipinski definition) is 1. The van der Waals surface area contributed by atoms with Crippen molar-refractivity contribution in [2.75, 3.05) is 7.11 Å². The van der Waals surface area contributed by atoms with Gasteiger partial charge in [0.25, 0.3) is 0 Å². The van der Waals surface area contributed by atoms with Crippen LogP contribution < -0.4 is 0 Å². The molecule has 4 rings (SSSR count). The van der Waals surface area contributed by atoms with Gasteiger partial charge in [0.05, 0.1) is 29.5 Å². The molecule has 1 N–H and O–H groups in total. The molecular weight excluding hydrogens is 296 g/mol. The number of nitrogens with zero attached hydrogens (tertiary/aromatic N) is 1. The van der Waals surface area contributed by atoms with Crippen LogP contribution in [0.15, 0.2) is 36.7 Å². The number of benzene rings is 1. The molecule has 112 valence electrons. The normalized spacial score (nSPS) is 12.9. The molecule has 3 aromatic rings. The molecule has 0 saturated heterocycles. The first-order valence-electron chi connectivity index (χ1n) is 6.89. The molecule has 2 aromatic heterocycles. The van der Waals surface area contributed by atoms with Gasteiger partial charge in [0.2, 0.25) is 5.78 Å². The summed E-state index contributed by atoms with van der Waals surface area (Å²) < 4.78 is 4.70. The minimum atomic E-state index is -0.501. The highest BCUT2D eigenvalue weighted by atomic mass is 16.5. The first-order chi connectivity index (χ1) is 11.1. The van der Waals surface area contributed by atoms with Crippen molar-refractivity contribution in [3.63, 3.8) is 0 Å². The highest BCUT2D eigenvalue weighted by molar-refractivity contribution is 6.32. The molecule has 1 aromatic carbocycles. The Hall–Kier alpha value is -3.28. The number of esters is 1. The summed E-state index contributed by atoms with van der Waals surface area (Å²) in [5.74, 6) is -1.04. The van der Waals surface area contributed by atoms with E-state index in [1.165, 1.54) is 25.6 Å². The third-order valence-electron chi connectivity index (χ3n) is 3.98. The van der Waals surface area contributed by atoms with Gasteiger partial charge in [-0.05, 0) is 24.3 Å². The van der Waals surface area contributed by atoms with Crippen molar-refractivity contribution in [1.29, 1.82) is 0 Å². The third kappa shape index (κ3) is 1.75. The standard InChI is InChI=1S/C17H10N2O4/c1-23-17(22)8-2-3-12-10(6-8)13-14(19-12)16(21)9-4-5-18-7-11(9)15(13)20/h2-7,19H,1H3. The van der Waals surface area contributed by atoms with Gasteiger partial charge in [0.1, 0.15) is 0 Å². The second kappa shape index (κ2) is 4.61. The number of fused-ring (bicyclic) bond motifs is 4. The van der Waals surface area contributed by atoms with Crippen molar-refractivity contribution in [1.82, 2.24) is 9.97 Å². The molecule has 0 saturated carbocycles. The summed E-state index contributed by atoms with van der Waals surface area (Å²) in [6, 6.07) is 6.33. The summed E-state index contributed by atoms with van der Waals surface area (Å²) in [6.07, 6.45) is 2.87. The maximum atomic E-state index is 12.8. The van der Waals surface area contributed by atoms with Crippen molar-refractivity contribution in [2.45, 2.75) is 0 Å². The summed E-state index contributed by atoms with van der Waals surface area (Å²) in [4.78, 5) is 43.9. The lowest BCUT2D eigenvalue weighted by Crippen LogP contribution is -2.20. The Kier molecular flexibility index (Phi) is 2.68. The number of carbonyl (C=O) groups excluding carboxylic acids is 3. The van der Waals surface area contributed by atoms with Crippen molar-refractivity contribution in [3.8, 4) is 0 Å². The highest BCUT2D eigenvalue weighted by Crippen LogP contribution is 2.32. The number of pyridine rings is 1. The maximum absolute atomic E-state index is 12.8. The average Bonchev–Trinajstić information content (AvgIpc) is 2.98. The van der Waals surface area contributed by atoms with E-state index in [-0.39, 0.29) is 28.4 Å². The fourth-order valence-electron chi connectivity index (χ4n) is 2.89. The van der Waals surface area contributed by atoms with Gasteiger partial charge < -0.3 is 9.72 Å². The van der Waals surface area contributed by atoms with Crippen LogP contribution in [0, 0.1) is 0 Å². The van der Waals surface area contributed by atoms with E-state index < -0.39 is 5.97 Å². The fourth-order valence-corrected chi connectivity index (χ4v) is 2.89. The second-order valence-electron chi connectivity index (χ2n) is 5.21. The first kappa shape index (κ1) is 13.4. The minimum Gasteiger partial charge on any atom is -0.465 e. The number of ether oxygens (including phenoxy) is 1. The predicted octanol–water partition coefficient (Wildman–Crippen LogP) is 2.12. The van der Waals surface area contributed by atoms with E-state index in [2.05, 4.69) is 9.97 Å². The second-order valence-corrected chi connectivity index (χ2v) is 5.21. The van der Waals surface area contributed by atoms with Crippen LogP contribution in [0.3, 0.4) is 0 Å². The topological polar surface area (TPSA) is 89.1 Å². The van der Waals surface area contributed by atoms with Crippen molar-refractivity contribution in [3.05, 3.63) is 64.6 Å². The average molecular weight is 306 g/mol. The van der Waals surface area contributed by atoms with Crippen molar-refractivity contribution in [2.24, 2.45) is 0 Å². The molecule has 0 unspecified atom stereocenters. The van der Waals surface area contributed by atoms with Gasteiger partial charge in [0.15, 0.2) is 5.78 Å². The van der Waals surface area contributed by atoms with E-state index in [0.717, 1.165) is 0 Å². The van der Waals surface area contributed by atoms with Crippen LogP contribution >= 0.6 is 0 Å². The molecule has 23 heavy (non-hydrogen) atoms. The lowest BCUT2D eigenvalue weighted by Gasteiger charge is -2.13. The zero-order valence-electron chi connectivity index (χ0n) is 12.0. The molecule has 0 amide bonds. The quantitative estimate of drug-likeness (QED) is 0.544. The molecule has 0 aliphatic heterocycles. The molecule has 1 aliphatic rings. The third-order valence-corrected chi connectivity index (χ3v) is 3.98. The van der Waals surface area contributed by atoms with Crippen LogP contribution in [0.4, 0.5) is 0 Å². The number of carbonyl (C=O) groups is 3. The van der Waals surface area contributed by atoms with Gasteiger partial charge in [-0.25, -0.2) is 4.79 Å². The Bertz CT molecular complexity index is 1020. The molecule has 6 nitrogen and oxygen atoms in total. The van der Waals surface area contributed by atoms with Gasteiger partial charge >= 0.3 is 5.97 Å². The van der Waals surface area contributed by atoms with Crippen LogP contribution in [0.5, 0.6) is 0 Å². The molecule has 2 heterocycles. The van der Waals surface area contributed by atoms with E-state index >= 15 is 0 Å². The molecule has 0 atom stereocenters. The summed E-state index contributed by atoms with van der Waals surface area (Å²) >= 11 is 0. The predicted molar refractivity (Wildman–Crippen MR) is 80.7 cm³/mol. The van der Waals surface area contributed by atoms with Crippen LogP contribution in [0.1, 0.15) is 42.3 Å². The van der Waals surface area contributed by atoms with E-state index in [1.54, 1.807) is 18.2 Å². The van der Waals surface area contributed by atoms with Gasteiger partial charge in [-0.3, -0.25) is 14.6 Å². The number of nitrogens with one attached hydrogen (secondary N) is 1. The zero-order valence-corrected chi connectivity index (χ0v) is 12.0. The zero-order chi connectivity index (χ0) is 16.1. The molecule has 1 aliphatic carbocycles. The maximum Gasteiger partial charge on any atom is 0.337 e. The van der Waals surface area contributed by atoms with Gasteiger partial charge in [-0.2, -0.15) is 0 Å². The number of aromatic amines is 1. The summed E-state index contributed by atoms with van der Waals surface area (Å²) in [5.41, 5.74) is 2.05. The Morgan fingerprint density at radius 1 is 1.13 bits per heavy atom. The number of methoxy groups -OCH3 is 1. The number of H-pyrrole nitrogens is 1. The van der Waals surface area contributed by atoms with Gasteiger partial charge in [-0.15, -0.1) is 0 Å². The van der Waals surface area contributed by atoms with Crippen LogP contribution in [-0.2, 0) is 4.74 Å². The lowest BCUT2D eigenvalue weighted by atomic mass is 9.88. The van der Waals surface area contributed by atoms with Crippen LogP contribution in [0.2, 0.25) is 0 Å². The largest absolute Gasteiger partial charge is 0.465 e. The van der Waals surface area contributed by atoms with Crippen molar-refractivity contribution >= 4 is 28.4 Å². The first-order valence-corrected chi connectivity index (χ1v) is 6.89. The number of hydrogen-bond acceptors (Lipinski definition) is 5. The summed E-state index contributed by atoms with van der Waals surface area (Å²) in [5, 5.41) is 0.524. The molecule has 0 spiro atoms. The Morgan fingerprint density at radius 3 is 2.74 bits per heavy atom. The highest BCUT2D eigenvalue weighted by Gasteiger charge is 2.33. The molecule has 0 bridgehead atoms. The Balaban J connectivity index is 2.02. The van der Waals surface area contributed by atoms with E-state index in [9.17, 15) is 14.4 Å². The van der Waals surface area contributed by atoms with E-state index in [0.29, 0.717) is 22.0 Å². The van der Waals surface area contributed by atoms with E-state index in [4.69, 9.17) is 4.74 Å². The minimum absolute atomic E-state index is 0.241.